The van der Waals surface area contributed by atoms with E-state index >= 15 is 0 Å². The molecule has 0 aliphatic heterocycles. The Morgan fingerprint density at radius 2 is 1.68 bits per heavy atom. The molecule has 0 fully saturated rings. The first kappa shape index (κ1) is 24.9. The summed E-state index contributed by atoms with van der Waals surface area (Å²) in [7, 11) is 0. The number of hydrogen-bond donors (Lipinski definition) is 0. The lowest BCUT2D eigenvalue weighted by Gasteiger charge is -2.28. The second kappa shape index (κ2) is 9.40. The first-order valence-corrected chi connectivity index (χ1v) is 10.6. The third-order valence-corrected chi connectivity index (χ3v) is 4.41. The van der Waals surface area contributed by atoms with Crippen molar-refractivity contribution in [3.63, 3.8) is 0 Å². The molecule has 0 atom stereocenters. The minimum Gasteiger partial charge on any atom is -0.459 e. The normalized spacial score (nSPS) is 11.7. The summed E-state index contributed by atoms with van der Waals surface area (Å²) < 4.78 is 12.1. The number of para-hydroxylation sites is 1. The summed E-state index contributed by atoms with van der Waals surface area (Å²) in [5, 5.41) is 0.264. The number of rotatable bonds is 4. The first-order valence-electron chi connectivity index (χ1n) is 9.44. The molecule has 0 N–H and O–H groups in total. The lowest BCUT2D eigenvalue weighted by molar-refractivity contribution is -0.155. The van der Waals surface area contributed by atoms with E-state index in [1.165, 1.54) is 6.20 Å². The number of amides is 1. The number of halogens is 2. The molecule has 0 saturated heterocycles. The van der Waals surface area contributed by atoms with Crippen LogP contribution in [0.2, 0.25) is 5.02 Å². The molecule has 10 heteroatoms. The van der Waals surface area contributed by atoms with Crippen molar-refractivity contribution in [3.05, 3.63) is 50.4 Å². The quantitative estimate of drug-likeness (QED) is 0.529. The van der Waals surface area contributed by atoms with Crippen molar-refractivity contribution in [2.75, 3.05) is 4.90 Å². The average molecular weight is 515 g/mol. The summed E-state index contributed by atoms with van der Waals surface area (Å²) >= 11 is 9.64. The molecule has 0 unspecified atom stereocenters. The number of esters is 1. The van der Waals surface area contributed by atoms with Crippen molar-refractivity contribution in [3.8, 4) is 0 Å². The summed E-state index contributed by atoms with van der Waals surface area (Å²) in [6.07, 6.45) is 0.598. The van der Waals surface area contributed by atoms with E-state index in [0.717, 1.165) is 9.47 Å². The highest BCUT2D eigenvalue weighted by atomic mass is 79.9. The molecule has 2 aromatic rings. The number of carbonyl (C=O) groups is 2. The van der Waals surface area contributed by atoms with Crippen LogP contribution < -0.4 is 10.6 Å². The Kier molecular flexibility index (Phi) is 7.54. The van der Waals surface area contributed by atoms with Gasteiger partial charge in [0.2, 0.25) is 0 Å². The predicted molar refractivity (Wildman–Crippen MR) is 122 cm³/mol. The molecule has 0 aliphatic rings. The average Bonchev–Trinajstić information content (AvgIpc) is 2.57. The van der Waals surface area contributed by atoms with Gasteiger partial charge < -0.3 is 9.47 Å². The molecule has 0 radical (unpaired) electrons. The van der Waals surface area contributed by atoms with Crippen molar-refractivity contribution >= 4 is 51.1 Å². The van der Waals surface area contributed by atoms with Gasteiger partial charge in [-0.1, -0.05) is 23.7 Å². The number of aromatic nitrogens is 2. The van der Waals surface area contributed by atoms with Gasteiger partial charge in [-0.25, -0.2) is 14.5 Å². The van der Waals surface area contributed by atoms with Gasteiger partial charge in [-0.15, -0.1) is 0 Å². The lowest BCUT2D eigenvalue weighted by atomic mass is 10.2. The zero-order valence-corrected chi connectivity index (χ0v) is 20.6. The Morgan fingerprint density at radius 3 is 2.23 bits per heavy atom. The Balaban J connectivity index is 2.51. The fraction of sp³-hybridized carbons (Fsp3) is 0.429. The lowest BCUT2D eigenvalue weighted by Crippen LogP contribution is -2.37. The highest BCUT2D eigenvalue weighted by molar-refractivity contribution is 9.10. The fourth-order valence-electron chi connectivity index (χ4n) is 2.48. The van der Waals surface area contributed by atoms with E-state index in [0.29, 0.717) is 0 Å². The van der Waals surface area contributed by atoms with E-state index in [1.54, 1.807) is 65.8 Å². The maximum atomic E-state index is 13.0. The third-order valence-electron chi connectivity index (χ3n) is 3.53. The Morgan fingerprint density at radius 1 is 1.10 bits per heavy atom. The van der Waals surface area contributed by atoms with Gasteiger partial charge in [0.15, 0.2) is 5.82 Å². The van der Waals surface area contributed by atoms with Crippen LogP contribution in [-0.4, -0.2) is 32.8 Å². The zero-order chi connectivity index (χ0) is 23.6. The van der Waals surface area contributed by atoms with Crippen LogP contribution in [0.25, 0.3) is 0 Å². The molecule has 1 amide bonds. The van der Waals surface area contributed by atoms with Crippen LogP contribution in [0.15, 0.2) is 39.7 Å². The molecule has 1 aromatic heterocycles. The fourth-order valence-corrected chi connectivity index (χ4v) is 3.21. The van der Waals surface area contributed by atoms with Crippen LogP contribution in [0.4, 0.5) is 16.3 Å². The largest absolute Gasteiger partial charge is 0.459 e. The summed E-state index contributed by atoms with van der Waals surface area (Å²) in [6.45, 7) is 10.0. The molecule has 31 heavy (non-hydrogen) atoms. The van der Waals surface area contributed by atoms with Gasteiger partial charge in [-0.3, -0.25) is 9.36 Å². The van der Waals surface area contributed by atoms with Crippen LogP contribution in [0.1, 0.15) is 41.5 Å². The van der Waals surface area contributed by atoms with E-state index in [2.05, 4.69) is 20.9 Å². The second-order valence-corrected chi connectivity index (χ2v) is 9.94. The molecule has 0 spiro atoms. The highest BCUT2D eigenvalue weighted by Gasteiger charge is 2.30. The van der Waals surface area contributed by atoms with Crippen molar-refractivity contribution in [2.24, 2.45) is 0 Å². The zero-order valence-electron chi connectivity index (χ0n) is 18.2. The van der Waals surface area contributed by atoms with Gasteiger partial charge >= 0.3 is 17.8 Å². The molecular weight excluding hydrogens is 490 g/mol. The summed E-state index contributed by atoms with van der Waals surface area (Å²) in [5.41, 5.74) is -1.95. The standard InChI is InChI=1S/C21H25BrClN3O5/c1-20(2,3)30-16(27)12-25-11-13(22)17(24-18(25)28)26(19(29)31-21(4,5)6)15-10-8-7-9-14(15)23/h7-11H,12H2,1-6H3. The summed E-state index contributed by atoms with van der Waals surface area (Å²) in [6, 6.07) is 6.61. The van der Waals surface area contributed by atoms with Crippen molar-refractivity contribution in [1.82, 2.24) is 9.55 Å². The molecule has 8 nitrogen and oxygen atoms in total. The molecule has 168 valence electrons. The van der Waals surface area contributed by atoms with Gasteiger partial charge in [0, 0.05) is 6.20 Å². The molecular formula is C21H25BrClN3O5. The van der Waals surface area contributed by atoms with Crippen molar-refractivity contribution in [2.45, 2.75) is 59.3 Å². The summed E-state index contributed by atoms with van der Waals surface area (Å²) in [4.78, 5) is 42.9. The molecule has 1 heterocycles. The highest BCUT2D eigenvalue weighted by Crippen LogP contribution is 2.35. The third kappa shape index (κ3) is 7.07. The van der Waals surface area contributed by atoms with Gasteiger partial charge in [0.1, 0.15) is 17.7 Å². The Bertz CT molecular complexity index is 1040. The smallest absolute Gasteiger partial charge is 0.420 e. The number of anilines is 2. The van der Waals surface area contributed by atoms with E-state index in [1.807, 2.05) is 0 Å². The minimum atomic E-state index is -0.797. The maximum Gasteiger partial charge on any atom is 0.420 e. The Hall–Kier alpha value is -2.39. The van der Waals surface area contributed by atoms with Crippen molar-refractivity contribution in [1.29, 1.82) is 0 Å². The van der Waals surface area contributed by atoms with E-state index in [4.69, 9.17) is 21.1 Å². The van der Waals surface area contributed by atoms with Gasteiger partial charge in [-0.05, 0) is 69.6 Å². The second-order valence-electron chi connectivity index (χ2n) is 8.68. The monoisotopic (exact) mass is 513 g/mol. The number of ether oxygens (including phenoxy) is 2. The van der Waals surface area contributed by atoms with E-state index in [9.17, 15) is 14.4 Å². The molecule has 0 aliphatic carbocycles. The molecule has 0 bridgehead atoms. The SMILES string of the molecule is CC(C)(C)OC(=O)Cn1cc(Br)c(N(C(=O)OC(C)(C)C)c2ccccc2Cl)nc1=O. The minimum absolute atomic E-state index is 0.0206. The summed E-state index contributed by atoms with van der Waals surface area (Å²) in [5.74, 6) is -0.612. The number of nitrogens with zero attached hydrogens (tertiary/aromatic N) is 3. The number of hydrogen-bond acceptors (Lipinski definition) is 6. The van der Waals surface area contributed by atoms with Crippen LogP contribution in [0.5, 0.6) is 0 Å². The number of benzene rings is 1. The number of carbonyl (C=O) groups excluding carboxylic acids is 2. The molecule has 2 rings (SSSR count). The Labute approximate surface area is 194 Å². The van der Waals surface area contributed by atoms with Crippen LogP contribution >= 0.6 is 27.5 Å². The van der Waals surface area contributed by atoms with Crippen LogP contribution in [0, 0.1) is 0 Å². The molecule has 1 aromatic carbocycles. The van der Waals surface area contributed by atoms with Crippen LogP contribution in [0.3, 0.4) is 0 Å². The van der Waals surface area contributed by atoms with Crippen molar-refractivity contribution < 1.29 is 19.1 Å². The maximum absolute atomic E-state index is 13.0. The first-order chi connectivity index (χ1) is 14.2. The van der Waals surface area contributed by atoms with Crippen LogP contribution in [-0.2, 0) is 20.8 Å². The topological polar surface area (TPSA) is 90.7 Å². The van der Waals surface area contributed by atoms with E-state index in [-0.39, 0.29) is 27.5 Å². The van der Waals surface area contributed by atoms with Gasteiger partial charge in [-0.2, -0.15) is 4.98 Å². The predicted octanol–water partition coefficient (Wildman–Crippen LogP) is 5.07. The van der Waals surface area contributed by atoms with Gasteiger partial charge in [0.25, 0.3) is 0 Å². The molecule has 0 saturated carbocycles. The van der Waals surface area contributed by atoms with E-state index < -0.39 is 29.0 Å². The van der Waals surface area contributed by atoms with Gasteiger partial charge in [0.05, 0.1) is 15.2 Å².